The largest absolute Gasteiger partial charge is 0.379 e. The second-order valence-corrected chi connectivity index (χ2v) is 6.75. The second kappa shape index (κ2) is 13.6. The topological polar surface area (TPSA) is 62.9 Å². The molecule has 0 spiro atoms. The molecule has 0 aromatic heterocycles. The quantitative estimate of drug-likeness (QED) is 0.245. The van der Waals surface area contributed by atoms with Gasteiger partial charge in [0.1, 0.15) is 5.82 Å². The van der Waals surface area contributed by atoms with E-state index < -0.39 is 0 Å². The number of halogens is 2. The number of benzene rings is 1. The third-order valence-corrected chi connectivity index (χ3v) is 4.79. The van der Waals surface area contributed by atoms with E-state index in [1.54, 1.807) is 17.8 Å². The Morgan fingerprint density at radius 3 is 2.84 bits per heavy atom. The maximum Gasteiger partial charge on any atom is 0.188 e. The Morgan fingerprint density at radius 1 is 1.32 bits per heavy atom. The normalized spacial score (nSPS) is 15.6. The van der Waals surface area contributed by atoms with Gasteiger partial charge in [-0.25, -0.2) is 4.39 Å². The molecule has 1 aromatic rings. The van der Waals surface area contributed by atoms with Gasteiger partial charge in [-0.3, -0.25) is 9.89 Å². The minimum Gasteiger partial charge on any atom is -0.379 e. The first-order valence-electron chi connectivity index (χ1n) is 8.41. The minimum atomic E-state index is -0.140. The molecule has 0 amide bonds. The fourth-order valence-electron chi connectivity index (χ4n) is 2.42. The summed E-state index contributed by atoms with van der Waals surface area (Å²) in [6.45, 7) is 6.19. The van der Waals surface area contributed by atoms with Crippen LogP contribution in [0.4, 0.5) is 4.39 Å². The van der Waals surface area contributed by atoms with Gasteiger partial charge in [0.2, 0.25) is 0 Å². The molecule has 0 radical (unpaired) electrons. The summed E-state index contributed by atoms with van der Waals surface area (Å²) in [7, 11) is 0. The molecular formula is C17H28FIN4OS. The van der Waals surface area contributed by atoms with Crippen molar-refractivity contribution in [2.24, 2.45) is 10.7 Å². The van der Waals surface area contributed by atoms with Crippen LogP contribution in [-0.2, 0) is 10.5 Å². The van der Waals surface area contributed by atoms with Gasteiger partial charge in [0, 0.05) is 44.2 Å². The van der Waals surface area contributed by atoms with E-state index in [0.717, 1.165) is 63.7 Å². The van der Waals surface area contributed by atoms with Crippen molar-refractivity contribution in [3.8, 4) is 0 Å². The van der Waals surface area contributed by atoms with E-state index in [2.05, 4.69) is 15.2 Å². The molecular weight excluding hydrogens is 454 g/mol. The molecule has 1 aliphatic rings. The van der Waals surface area contributed by atoms with Crippen LogP contribution in [0.3, 0.4) is 0 Å². The maximum absolute atomic E-state index is 13.5. The standard InChI is InChI=1S/C17H27FN4OS.HI/c18-16-5-2-1-4-15(16)14-24-13-7-21-17(19)20-6-3-8-22-9-11-23-12-10-22;/h1-2,4-5H,3,6-14H2,(H3,19,20,21);1H. The van der Waals surface area contributed by atoms with Crippen LogP contribution < -0.4 is 11.1 Å². The monoisotopic (exact) mass is 482 g/mol. The number of hydrogen-bond donors (Lipinski definition) is 2. The lowest BCUT2D eigenvalue weighted by molar-refractivity contribution is 0.0377. The number of aliphatic imine (C=N–C) groups is 1. The number of thioether (sulfide) groups is 1. The van der Waals surface area contributed by atoms with Crippen LogP contribution in [0.1, 0.15) is 12.0 Å². The van der Waals surface area contributed by atoms with E-state index in [4.69, 9.17) is 10.5 Å². The van der Waals surface area contributed by atoms with Crippen LogP contribution in [-0.4, -0.2) is 62.5 Å². The van der Waals surface area contributed by atoms with E-state index in [1.165, 1.54) is 6.07 Å². The summed E-state index contributed by atoms with van der Waals surface area (Å²) in [4.78, 5) is 6.73. The van der Waals surface area contributed by atoms with Crippen LogP contribution in [0.15, 0.2) is 29.3 Å². The second-order valence-electron chi connectivity index (χ2n) is 5.65. The molecule has 1 fully saturated rings. The molecule has 8 heteroatoms. The predicted molar refractivity (Wildman–Crippen MR) is 114 cm³/mol. The fraction of sp³-hybridized carbons (Fsp3) is 0.588. The molecule has 0 aliphatic carbocycles. The highest BCUT2D eigenvalue weighted by molar-refractivity contribution is 14.0. The summed E-state index contributed by atoms with van der Waals surface area (Å²) in [5.74, 6) is 1.88. The SMILES string of the molecule is I.NC(=NCCCN1CCOCC1)NCCSCc1ccccc1F. The van der Waals surface area contributed by atoms with Gasteiger partial charge in [-0.05, 0) is 18.1 Å². The first kappa shape index (κ1) is 22.5. The first-order valence-corrected chi connectivity index (χ1v) is 9.56. The molecule has 142 valence electrons. The van der Waals surface area contributed by atoms with Crippen molar-refractivity contribution in [1.29, 1.82) is 0 Å². The van der Waals surface area contributed by atoms with Crippen molar-refractivity contribution < 1.29 is 9.13 Å². The molecule has 1 aliphatic heterocycles. The van der Waals surface area contributed by atoms with Gasteiger partial charge in [0.15, 0.2) is 5.96 Å². The van der Waals surface area contributed by atoms with Crippen molar-refractivity contribution in [1.82, 2.24) is 10.2 Å². The zero-order chi connectivity index (χ0) is 17.0. The summed E-state index contributed by atoms with van der Waals surface area (Å²) < 4.78 is 18.8. The molecule has 0 atom stereocenters. The van der Waals surface area contributed by atoms with E-state index in [-0.39, 0.29) is 29.8 Å². The van der Waals surface area contributed by atoms with Crippen molar-refractivity contribution in [2.75, 3.05) is 51.7 Å². The third kappa shape index (κ3) is 9.62. The number of morpholine rings is 1. The fourth-order valence-corrected chi connectivity index (χ4v) is 3.27. The Labute approximate surface area is 171 Å². The van der Waals surface area contributed by atoms with Crippen LogP contribution in [0, 0.1) is 5.82 Å². The number of nitrogens with two attached hydrogens (primary N) is 1. The van der Waals surface area contributed by atoms with Crippen LogP contribution in [0.2, 0.25) is 0 Å². The Bertz CT molecular complexity index is 515. The zero-order valence-corrected chi connectivity index (χ0v) is 17.6. The molecule has 0 unspecified atom stereocenters. The highest BCUT2D eigenvalue weighted by Gasteiger charge is 2.08. The van der Waals surface area contributed by atoms with Gasteiger partial charge in [-0.2, -0.15) is 11.8 Å². The molecule has 1 aromatic carbocycles. The number of guanidine groups is 1. The number of nitrogens with one attached hydrogen (secondary N) is 1. The Morgan fingerprint density at radius 2 is 2.08 bits per heavy atom. The minimum absolute atomic E-state index is 0. The Balaban J connectivity index is 0.00000312. The van der Waals surface area contributed by atoms with Crippen molar-refractivity contribution in [2.45, 2.75) is 12.2 Å². The number of hydrogen-bond acceptors (Lipinski definition) is 4. The summed E-state index contributed by atoms with van der Waals surface area (Å²) in [6.07, 6.45) is 1.00. The van der Waals surface area contributed by atoms with E-state index in [0.29, 0.717) is 11.7 Å². The lowest BCUT2D eigenvalue weighted by Crippen LogP contribution is -2.37. The molecule has 5 nitrogen and oxygen atoms in total. The molecule has 0 saturated carbocycles. The lowest BCUT2D eigenvalue weighted by Gasteiger charge is -2.26. The molecule has 2 rings (SSSR count). The van der Waals surface area contributed by atoms with Crippen LogP contribution >= 0.6 is 35.7 Å². The Kier molecular flexibility index (Phi) is 12.2. The number of nitrogens with zero attached hydrogens (tertiary/aromatic N) is 2. The highest BCUT2D eigenvalue weighted by atomic mass is 127. The summed E-state index contributed by atoms with van der Waals surface area (Å²) in [6, 6.07) is 6.88. The maximum atomic E-state index is 13.5. The molecule has 25 heavy (non-hydrogen) atoms. The summed E-state index contributed by atoms with van der Waals surface area (Å²) in [5, 5.41) is 3.10. The van der Waals surface area contributed by atoms with Gasteiger partial charge in [-0.1, -0.05) is 18.2 Å². The van der Waals surface area contributed by atoms with E-state index in [1.807, 2.05) is 12.1 Å². The van der Waals surface area contributed by atoms with Crippen molar-refractivity contribution >= 4 is 41.7 Å². The average molecular weight is 482 g/mol. The molecule has 0 bridgehead atoms. The van der Waals surface area contributed by atoms with E-state index in [9.17, 15) is 4.39 Å². The third-order valence-electron chi connectivity index (χ3n) is 3.79. The summed E-state index contributed by atoms with van der Waals surface area (Å²) in [5.41, 5.74) is 6.59. The van der Waals surface area contributed by atoms with Gasteiger partial charge in [0.25, 0.3) is 0 Å². The van der Waals surface area contributed by atoms with Gasteiger partial charge in [-0.15, -0.1) is 24.0 Å². The first-order chi connectivity index (χ1) is 11.8. The molecule has 1 saturated heterocycles. The number of rotatable bonds is 9. The predicted octanol–water partition coefficient (Wildman–Crippen LogP) is 2.30. The van der Waals surface area contributed by atoms with Crippen molar-refractivity contribution in [3.63, 3.8) is 0 Å². The lowest BCUT2D eigenvalue weighted by atomic mass is 10.2. The number of ether oxygens (including phenoxy) is 1. The van der Waals surface area contributed by atoms with Gasteiger partial charge < -0.3 is 15.8 Å². The van der Waals surface area contributed by atoms with Gasteiger partial charge >= 0.3 is 0 Å². The smallest absolute Gasteiger partial charge is 0.188 e. The Hall–Kier alpha value is -0.580. The molecule has 3 N–H and O–H groups in total. The highest BCUT2D eigenvalue weighted by Crippen LogP contribution is 2.14. The van der Waals surface area contributed by atoms with Crippen molar-refractivity contribution in [3.05, 3.63) is 35.6 Å². The molecule has 1 heterocycles. The van der Waals surface area contributed by atoms with E-state index >= 15 is 0 Å². The van der Waals surface area contributed by atoms with Crippen LogP contribution in [0.25, 0.3) is 0 Å². The van der Waals surface area contributed by atoms with Gasteiger partial charge in [0.05, 0.1) is 13.2 Å². The summed E-state index contributed by atoms with van der Waals surface area (Å²) >= 11 is 1.68. The zero-order valence-electron chi connectivity index (χ0n) is 14.5. The van der Waals surface area contributed by atoms with Crippen LogP contribution in [0.5, 0.6) is 0 Å². The average Bonchev–Trinajstić information content (AvgIpc) is 2.61.